The van der Waals surface area contributed by atoms with Crippen LogP contribution in [0.1, 0.15) is 12.5 Å². The molecule has 0 aliphatic carbocycles. The van der Waals surface area contributed by atoms with Crippen LogP contribution in [0.4, 0.5) is 0 Å². The van der Waals surface area contributed by atoms with Gasteiger partial charge in [0.25, 0.3) is 0 Å². The van der Waals surface area contributed by atoms with Gasteiger partial charge in [-0.2, -0.15) is 24.3 Å². The van der Waals surface area contributed by atoms with Crippen LogP contribution in [0.25, 0.3) is 38.8 Å². The Kier molecular flexibility index (Phi) is 6.48. The molecule has 0 amide bonds. The van der Waals surface area contributed by atoms with Crippen molar-refractivity contribution >= 4 is 21.8 Å². The number of aryl methyl sites for hydroxylation is 1. The third-order valence-electron chi connectivity index (χ3n) is 5.95. The summed E-state index contributed by atoms with van der Waals surface area (Å²) in [4.78, 5) is 9.01. The van der Waals surface area contributed by atoms with Gasteiger partial charge >= 0.3 is 21.1 Å². The van der Waals surface area contributed by atoms with Crippen LogP contribution in [-0.4, -0.2) is 14.5 Å². The predicted octanol–water partition coefficient (Wildman–Crippen LogP) is 7.19. The van der Waals surface area contributed by atoms with Gasteiger partial charge in [-0.25, -0.2) is 21.1 Å². The molecular weight excluding hydrogens is 613 g/mol. The number of hydrogen-bond donors (Lipinski definition) is 0. The van der Waals surface area contributed by atoms with Gasteiger partial charge in [0, 0.05) is 29.7 Å². The predicted molar refractivity (Wildman–Crippen MR) is 135 cm³/mol. The van der Waals surface area contributed by atoms with Crippen molar-refractivity contribution in [2.75, 3.05) is 0 Å². The molecule has 0 bridgehead atoms. The number of fused-ring (bicyclic) bond motifs is 3. The molecule has 0 atom stereocenters. The number of para-hydroxylation sites is 1. The summed E-state index contributed by atoms with van der Waals surface area (Å²) in [5, 5.41) is 2.33. The van der Waals surface area contributed by atoms with Gasteiger partial charge in [-0.3, -0.25) is 0 Å². The number of aromatic nitrogens is 3. The van der Waals surface area contributed by atoms with Crippen LogP contribution in [0.5, 0.6) is 11.6 Å². The molecule has 0 radical (unpaired) electrons. The summed E-state index contributed by atoms with van der Waals surface area (Å²) < 4.78 is 8.13. The first kappa shape index (κ1) is 23.0. The number of pyridine rings is 2. The number of nitrogens with zero attached hydrogens (tertiary/aromatic N) is 3. The zero-order valence-corrected chi connectivity index (χ0v) is 21.3. The van der Waals surface area contributed by atoms with Crippen molar-refractivity contribution in [1.82, 2.24) is 14.5 Å². The second-order valence-corrected chi connectivity index (χ2v) is 8.03. The molecule has 172 valence electrons. The Hall–Kier alpha value is -3.75. The molecule has 3 heterocycles. The van der Waals surface area contributed by atoms with E-state index in [4.69, 9.17) is 9.72 Å². The third-order valence-corrected chi connectivity index (χ3v) is 5.95. The smallest absolute Gasteiger partial charge is 0.460 e. The summed E-state index contributed by atoms with van der Waals surface area (Å²) in [6.07, 6.45) is 4.46. The first-order chi connectivity index (χ1) is 16.8. The zero-order valence-electron chi connectivity index (χ0n) is 19.0. The molecule has 0 spiro atoms. The molecule has 6 rings (SSSR count). The Labute approximate surface area is 218 Å². The largest absolute Gasteiger partial charge is 2.00 e. The Balaban J connectivity index is 0.00000253. The van der Waals surface area contributed by atoms with Crippen LogP contribution < -0.4 is 4.74 Å². The first-order valence-electron chi connectivity index (χ1n) is 11.3. The Morgan fingerprint density at radius 3 is 2.43 bits per heavy atom. The minimum Gasteiger partial charge on any atom is -0.460 e. The molecule has 0 aliphatic heterocycles. The molecule has 3 aromatic heterocycles. The van der Waals surface area contributed by atoms with Gasteiger partial charge in [0.2, 0.25) is 5.88 Å². The number of benzene rings is 3. The third kappa shape index (κ3) is 4.26. The van der Waals surface area contributed by atoms with Gasteiger partial charge in [-0.05, 0) is 41.1 Å². The standard InChI is InChI=1S/C30H21N3O.Pt/c1-2-21-10-8-18-32-30(21)33-27-13-4-3-12-25(27)26-16-15-23(20-28(26)33)22-9-7-11-24(19-22)34-29-14-5-6-17-31-29;/h3-18H,2H2,1H3;/q-2;+2. The van der Waals surface area contributed by atoms with Crippen molar-refractivity contribution in [2.24, 2.45) is 0 Å². The van der Waals surface area contributed by atoms with E-state index in [-0.39, 0.29) is 21.1 Å². The van der Waals surface area contributed by atoms with Gasteiger partial charge in [0.15, 0.2) is 0 Å². The van der Waals surface area contributed by atoms with Crippen molar-refractivity contribution in [3.8, 4) is 28.6 Å². The minimum atomic E-state index is 0. The Morgan fingerprint density at radius 1 is 0.743 bits per heavy atom. The van der Waals surface area contributed by atoms with Gasteiger partial charge < -0.3 is 9.30 Å². The SMILES string of the molecule is CCc1cccnc1-n1c2[c-]c(-c3[c-]c(Oc4ccccn4)ccc3)ccc2c2ccccc21.[Pt+2]. The van der Waals surface area contributed by atoms with Gasteiger partial charge in [0.1, 0.15) is 5.82 Å². The molecule has 35 heavy (non-hydrogen) atoms. The molecule has 5 heteroatoms. The number of hydrogen-bond acceptors (Lipinski definition) is 3. The molecule has 0 saturated carbocycles. The fourth-order valence-corrected chi connectivity index (χ4v) is 4.36. The van der Waals surface area contributed by atoms with E-state index in [0.717, 1.165) is 39.8 Å². The van der Waals surface area contributed by atoms with Gasteiger partial charge in [-0.1, -0.05) is 42.6 Å². The van der Waals surface area contributed by atoms with Crippen LogP contribution in [0.3, 0.4) is 0 Å². The Morgan fingerprint density at radius 2 is 1.57 bits per heavy atom. The molecule has 0 N–H and O–H groups in total. The van der Waals surface area contributed by atoms with Gasteiger partial charge in [-0.15, -0.1) is 18.2 Å². The molecule has 3 aromatic carbocycles. The van der Waals surface area contributed by atoms with Crippen LogP contribution in [0.15, 0.2) is 97.3 Å². The second-order valence-electron chi connectivity index (χ2n) is 8.03. The summed E-state index contributed by atoms with van der Waals surface area (Å²) in [5.74, 6) is 2.10. The van der Waals surface area contributed by atoms with Crippen LogP contribution in [-0.2, 0) is 27.5 Å². The van der Waals surface area contributed by atoms with E-state index < -0.39 is 0 Å². The summed E-state index contributed by atoms with van der Waals surface area (Å²) in [5.41, 5.74) is 5.16. The van der Waals surface area contributed by atoms with Crippen LogP contribution >= 0.6 is 0 Å². The maximum atomic E-state index is 5.90. The quantitative estimate of drug-likeness (QED) is 0.189. The van der Waals surface area contributed by atoms with Crippen LogP contribution in [0, 0.1) is 12.1 Å². The van der Waals surface area contributed by atoms with Crippen molar-refractivity contribution in [2.45, 2.75) is 13.3 Å². The molecule has 0 saturated heterocycles. The van der Waals surface area contributed by atoms with Crippen molar-refractivity contribution < 1.29 is 25.8 Å². The van der Waals surface area contributed by atoms with Crippen molar-refractivity contribution in [3.63, 3.8) is 0 Å². The molecule has 4 nitrogen and oxygen atoms in total. The maximum Gasteiger partial charge on any atom is 2.00 e. The fourth-order valence-electron chi connectivity index (χ4n) is 4.36. The monoisotopic (exact) mass is 634 g/mol. The maximum absolute atomic E-state index is 5.90. The fraction of sp³-hybridized carbons (Fsp3) is 0.0667. The number of rotatable bonds is 5. The van der Waals surface area contributed by atoms with Gasteiger partial charge in [0.05, 0.1) is 0 Å². The molecule has 0 unspecified atom stereocenters. The van der Waals surface area contributed by atoms with E-state index in [9.17, 15) is 0 Å². The average molecular weight is 635 g/mol. The molecule has 0 aliphatic rings. The van der Waals surface area contributed by atoms with E-state index in [2.05, 4.69) is 71.1 Å². The summed E-state index contributed by atoms with van der Waals surface area (Å²) in [6.45, 7) is 2.16. The summed E-state index contributed by atoms with van der Waals surface area (Å²) >= 11 is 0. The van der Waals surface area contributed by atoms with E-state index in [1.807, 2.05) is 48.7 Å². The first-order valence-corrected chi connectivity index (χ1v) is 11.3. The van der Waals surface area contributed by atoms with Crippen LogP contribution in [0.2, 0.25) is 0 Å². The normalized spacial score (nSPS) is 10.9. The van der Waals surface area contributed by atoms with E-state index in [1.54, 1.807) is 6.20 Å². The van der Waals surface area contributed by atoms with E-state index in [1.165, 1.54) is 10.9 Å². The Bertz CT molecular complexity index is 1630. The second kappa shape index (κ2) is 9.85. The van der Waals surface area contributed by atoms with Crippen molar-refractivity contribution in [1.29, 1.82) is 0 Å². The molecule has 6 aromatic rings. The molecular formula is C30H21N3OPt. The number of ether oxygens (including phenoxy) is 1. The van der Waals surface area contributed by atoms with E-state index in [0.29, 0.717) is 11.6 Å². The van der Waals surface area contributed by atoms with E-state index >= 15 is 0 Å². The topological polar surface area (TPSA) is 39.9 Å². The summed E-state index contributed by atoms with van der Waals surface area (Å²) in [7, 11) is 0. The minimum absolute atomic E-state index is 0. The zero-order chi connectivity index (χ0) is 22.9. The summed E-state index contributed by atoms with van der Waals surface area (Å²) in [6, 6.07) is 35.3. The average Bonchev–Trinajstić information content (AvgIpc) is 3.23. The van der Waals surface area contributed by atoms with Crippen molar-refractivity contribution in [3.05, 3.63) is 115 Å². The molecule has 0 fully saturated rings.